The van der Waals surface area contributed by atoms with E-state index in [-0.39, 0.29) is 5.92 Å². The topological polar surface area (TPSA) is 0 Å². The fraction of sp³-hybridized carbons (Fsp3) is 1.00. The van der Waals surface area contributed by atoms with Gasteiger partial charge in [0.1, 0.15) is 6.17 Å². The van der Waals surface area contributed by atoms with Crippen LogP contribution in [0.25, 0.3) is 0 Å². The van der Waals surface area contributed by atoms with Gasteiger partial charge in [-0.2, -0.15) is 0 Å². The molecular weight excluding hydrogens is 103 g/mol. The summed E-state index contributed by atoms with van der Waals surface area (Å²) in [5.74, 6) is 0.671. The lowest BCUT2D eigenvalue weighted by atomic mass is 9.94. The first-order chi connectivity index (χ1) is 3.55. The number of halogens is 1. The second-order valence-corrected chi connectivity index (χ2v) is 2.78. The first-order valence-corrected chi connectivity index (χ1v) is 3.19. The van der Waals surface area contributed by atoms with Crippen molar-refractivity contribution in [2.45, 2.75) is 33.9 Å². The van der Waals surface area contributed by atoms with Crippen LogP contribution in [0, 0.1) is 11.8 Å². The molecule has 0 rings (SSSR count). The molecule has 8 heavy (non-hydrogen) atoms. The van der Waals surface area contributed by atoms with E-state index in [0.29, 0.717) is 5.92 Å². The van der Waals surface area contributed by atoms with Gasteiger partial charge in [-0.05, 0) is 18.8 Å². The van der Waals surface area contributed by atoms with E-state index >= 15 is 0 Å². The van der Waals surface area contributed by atoms with Gasteiger partial charge in [0.05, 0.1) is 0 Å². The molecule has 1 heteroatoms. The molecule has 2 atom stereocenters. The molecule has 0 aromatic rings. The average molecular weight is 118 g/mol. The Hall–Kier alpha value is -0.0700. The standard InChI is InChI=1S/C7H15F/c1-5(2)6(3)7(4)8/h5-7H,1-4H3/t6-,7?/m0/s1. The van der Waals surface area contributed by atoms with Crippen molar-refractivity contribution in [1.29, 1.82) is 0 Å². The van der Waals surface area contributed by atoms with Crippen LogP contribution in [0.15, 0.2) is 0 Å². The van der Waals surface area contributed by atoms with E-state index < -0.39 is 6.17 Å². The van der Waals surface area contributed by atoms with E-state index in [0.717, 1.165) is 0 Å². The maximum absolute atomic E-state index is 12.3. The maximum Gasteiger partial charge on any atom is 0.100 e. The summed E-state index contributed by atoms with van der Waals surface area (Å²) in [6, 6.07) is 0. The maximum atomic E-state index is 12.3. The van der Waals surface area contributed by atoms with Gasteiger partial charge >= 0.3 is 0 Å². The summed E-state index contributed by atoms with van der Waals surface area (Å²) < 4.78 is 12.3. The van der Waals surface area contributed by atoms with E-state index in [2.05, 4.69) is 0 Å². The van der Waals surface area contributed by atoms with Gasteiger partial charge in [0, 0.05) is 0 Å². The highest BCUT2D eigenvalue weighted by Gasteiger charge is 2.13. The minimum absolute atomic E-state index is 0.204. The SMILES string of the molecule is CC(C)[C@H](C)C(C)F. The van der Waals surface area contributed by atoms with E-state index in [4.69, 9.17) is 0 Å². The summed E-state index contributed by atoms with van der Waals surface area (Å²) in [5, 5.41) is 0. The molecule has 0 aliphatic rings. The van der Waals surface area contributed by atoms with Gasteiger partial charge in [-0.1, -0.05) is 20.8 Å². The van der Waals surface area contributed by atoms with Crippen molar-refractivity contribution in [2.75, 3.05) is 0 Å². The molecular formula is C7H15F. The average Bonchev–Trinajstić information content (AvgIpc) is 1.64. The van der Waals surface area contributed by atoms with E-state index in [1.54, 1.807) is 6.92 Å². The van der Waals surface area contributed by atoms with Gasteiger partial charge in [-0.3, -0.25) is 0 Å². The van der Waals surface area contributed by atoms with Crippen LogP contribution in [0.1, 0.15) is 27.7 Å². The molecule has 0 spiro atoms. The molecule has 0 bridgehead atoms. The zero-order valence-electron chi connectivity index (χ0n) is 6.11. The smallest absolute Gasteiger partial charge is 0.100 e. The lowest BCUT2D eigenvalue weighted by Gasteiger charge is -2.15. The van der Waals surface area contributed by atoms with Crippen LogP contribution in [-0.4, -0.2) is 6.17 Å². The third kappa shape index (κ3) is 2.29. The lowest BCUT2D eigenvalue weighted by Crippen LogP contribution is -2.14. The predicted octanol–water partition coefficient (Wildman–Crippen LogP) is 2.64. The van der Waals surface area contributed by atoms with E-state index in [1.807, 2.05) is 20.8 Å². The summed E-state index contributed by atoms with van der Waals surface area (Å²) in [6.07, 6.45) is -0.657. The second kappa shape index (κ2) is 3.06. The molecule has 0 saturated carbocycles. The Bertz CT molecular complexity index is 49.4. The van der Waals surface area contributed by atoms with Crippen LogP contribution in [0.5, 0.6) is 0 Å². The predicted molar refractivity (Wildman–Crippen MR) is 34.6 cm³/mol. The van der Waals surface area contributed by atoms with Crippen molar-refractivity contribution in [3.63, 3.8) is 0 Å². The quantitative estimate of drug-likeness (QED) is 0.523. The Balaban J connectivity index is 3.46. The van der Waals surface area contributed by atoms with Gasteiger partial charge in [0.25, 0.3) is 0 Å². The largest absolute Gasteiger partial charge is 0.247 e. The van der Waals surface area contributed by atoms with Gasteiger partial charge in [0.2, 0.25) is 0 Å². The van der Waals surface area contributed by atoms with Crippen molar-refractivity contribution >= 4 is 0 Å². The van der Waals surface area contributed by atoms with Gasteiger partial charge in [0.15, 0.2) is 0 Å². The Morgan fingerprint density at radius 2 is 1.38 bits per heavy atom. The summed E-state index contributed by atoms with van der Waals surface area (Å²) >= 11 is 0. The second-order valence-electron chi connectivity index (χ2n) is 2.78. The molecule has 50 valence electrons. The van der Waals surface area contributed by atoms with Crippen LogP contribution in [0.4, 0.5) is 4.39 Å². The molecule has 1 unspecified atom stereocenters. The van der Waals surface area contributed by atoms with Crippen molar-refractivity contribution in [2.24, 2.45) is 11.8 Å². The number of alkyl halides is 1. The number of hydrogen-bond acceptors (Lipinski definition) is 0. The Kier molecular flexibility index (Phi) is 3.03. The molecule has 0 amide bonds. The van der Waals surface area contributed by atoms with E-state index in [9.17, 15) is 4.39 Å². The summed E-state index contributed by atoms with van der Waals surface area (Å²) in [6.45, 7) is 7.64. The highest BCUT2D eigenvalue weighted by Crippen LogP contribution is 2.15. The van der Waals surface area contributed by atoms with Crippen LogP contribution >= 0.6 is 0 Å². The number of hydrogen-bond donors (Lipinski definition) is 0. The normalized spacial score (nSPS) is 18.8. The first-order valence-electron chi connectivity index (χ1n) is 3.19. The molecule has 0 aromatic carbocycles. The van der Waals surface area contributed by atoms with Gasteiger partial charge in [-0.15, -0.1) is 0 Å². The highest BCUT2D eigenvalue weighted by molar-refractivity contribution is 4.62. The molecule has 0 heterocycles. The fourth-order valence-corrected chi connectivity index (χ4v) is 0.530. The Labute approximate surface area is 51.1 Å². The van der Waals surface area contributed by atoms with Crippen LogP contribution in [0.2, 0.25) is 0 Å². The zero-order chi connectivity index (χ0) is 6.73. The van der Waals surface area contributed by atoms with Gasteiger partial charge < -0.3 is 0 Å². The third-order valence-corrected chi connectivity index (χ3v) is 1.78. The minimum atomic E-state index is -0.657. The van der Waals surface area contributed by atoms with Crippen molar-refractivity contribution < 1.29 is 4.39 Å². The monoisotopic (exact) mass is 118 g/mol. The first kappa shape index (κ1) is 7.93. The highest BCUT2D eigenvalue weighted by atomic mass is 19.1. The summed E-state index contributed by atoms with van der Waals surface area (Å²) in [7, 11) is 0. The van der Waals surface area contributed by atoms with Crippen molar-refractivity contribution in [3.05, 3.63) is 0 Å². The molecule has 0 radical (unpaired) electrons. The number of rotatable bonds is 2. The molecule has 0 aromatic heterocycles. The Morgan fingerprint density at radius 1 is 1.00 bits per heavy atom. The third-order valence-electron chi connectivity index (χ3n) is 1.78. The summed E-state index contributed by atoms with van der Waals surface area (Å²) in [4.78, 5) is 0. The van der Waals surface area contributed by atoms with Crippen LogP contribution in [-0.2, 0) is 0 Å². The summed E-state index contributed by atoms with van der Waals surface area (Å²) in [5.41, 5.74) is 0. The lowest BCUT2D eigenvalue weighted by molar-refractivity contribution is 0.215. The zero-order valence-corrected chi connectivity index (χ0v) is 6.11. The molecule has 0 saturated heterocycles. The van der Waals surface area contributed by atoms with Crippen LogP contribution < -0.4 is 0 Å². The van der Waals surface area contributed by atoms with E-state index in [1.165, 1.54) is 0 Å². The van der Waals surface area contributed by atoms with Crippen molar-refractivity contribution in [1.82, 2.24) is 0 Å². The van der Waals surface area contributed by atoms with Gasteiger partial charge in [-0.25, -0.2) is 4.39 Å². The molecule has 0 aliphatic heterocycles. The Morgan fingerprint density at radius 3 is 1.38 bits per heavy atom. The molecule has 0 aliphatic carbocycles. The fourth-order valence-electron chi connectivity index (χ4n) is 0.530. The molecule has 0 nitrogen and oxygen atoms in total. The molecule has 0 fully saturated rings. The minimum Gasteiger partial charge on any atom is -0.247 e. The van der Waals surface area contributed by atoms with Crippen LogP contribution in [0.3, 0.4) is 0 Å². The molecule has 0 N–H and O–H groups in total. The van der Waals surface area contributed by atoms with Crippen molar-refractivity contribution in [3.8, 4) is 0 Å².